The lowest BCUT2D eigenvalue weighted by atomic mass is 10.4. The number of amides is 1. The van der Waals surface area contributed by atoms with Crippen LogP contribution in [0.4, 0.5) is 0 Å². The van der Waals surface area contributed by atoms with Gasteiger partial charge in [-0.1, -0.05) is 11.8 Å². The van der Waals surface area contributed by atoms with Crippen molar-refractivity contribution in [2.24, 2.45) is 0 Å². The van der Waals surface area contributed by atoms with E-state index >= 15 is 0 Å². The van der Waals surface area contributed by atoms with Crippen LogP contribution in [-0.4, -0.2) is 16.1 Å². The first-order chi connectivity index (χ1) is 5.63. The number of hydrogen-bond acceptors (Lipinski definition) is 2. The minimum atomic E-state index is -0.369. The predicted octanol–water partition coefficient (Wildman–Crippen LogP) is 1.09. The van der Waals surface area contributed by atoms with E-state index in [9.17, 15) is 4.79 Å². The quantitative estimate of drug-likeness (QED) is 0.365. The minimum Gasteiger partial charge on any atom is -0.271 e. The van der Waals surface area contributed by atoms with Gasteiger partial charge in [0.25, 0.3) is 5.91 Å². The molecule has 0 aromatic rings. The van der Waals surface area contributed by atoms with E-state index in [2.05, 4.69) is 36.6 Å². The monoisotopic (exact) mass is 181 g/mol. The predicted molar refractivity (Wildman–Crippen MR) is 52.2 cm³/mol. The Morgan fingerprint density at radius 1 is 1.33 bits per heavy atom. The van der Waals surface area contributed by atoms with Crippen LogP contribution in [0.2, 0.25) is 0 Å². The van der Waals surface area contributed by atoms with Crippen molar-refractivity contribution in [3.8, 4) is 23.9 Å². The Morgan fingerprint density at radius 3 is 2.00 bits per heavy atom. The third-order valence-electron chi connectivity index (χ3n) is 1.02. The molecule has 3 heteroatoms. The summed E-state index contributed by atoms with van der Waals surface area (Å²) in [5.74, 6) is 5.02. The summed E-state index contributed by atoms with van der Waals surface area (Å²) >= 11 is 3.99. The fourth-order valence-corrected chi connectivity index (χ4v) is 0.664. The second-order valence-electron chi connectivity index (χ2n) is 2.07. The van der Waals surface area contributed by atoms with E-state index in [-0.39, 0.29) is 11.2 Å². The van der Waals surface area contributed by atoms with Gasteiger partial charge in [-0.2, -0.15) is 17.5 Å². The third kappa shape index (κ3) is 3.37. The largest absolute Gasteiger partial charge is 0.271 e. The van der Waals surface area contributed by atoms with Gasteiger partial charge < -0.3 is 0 Å². The molecular formula is C9H11NOS. The number of hydrogen-bond donors (Lipinski definition) is 1. The molecule has 0 aliphatic rings. The Morgan fingerprint density at radius 2 is 1.75 bits per heavy atom. The van der Waals surface area contributed by atoms with Gasteiger partial charge in [0.1, 0.15) is 0 Å². The zero-order valence-corrected chi connectivity index (χ0v) is 8.27. The molecule has 1 amide bonds. The first-order valence-electron chi connectivity index (χ1n) is 3.50. The molecule has 1 atom stereocenters. The Labute approximate surface area is 78.7 Å². The van der Waals surface area contributed by atoms with Gasteiger partial charge in [0.2, 0.25) is 0 Å². The van der Waals surface area contributed by atoms with Crippen molar-refractivity contribution in [2.45, 2.75) is 26.0 Å². The molecule has 1 unspecified atom stereocenters. The van der Waals surface area contributed by atoms with E-state index in [4.69, 9.17) is 0 Å². The molecule has 0 radical (unpaired) electrons. The molecule has 0 saturated heterocycles. The summed E-state index contributed by atoms with van der Waals surface area (Å²) in [6.07, 6.45) is 0. The van der Waals surface area contributed by atoms with E-state index in [1.165, 1.54) is 0 Å². The smallest absolute Gasteiger partial charge is 0.258 e. The fourth-order valence-electron chi connectivity index (χ4n) is 0.549. The van der Waals surface area contributed by atoms with Crippen LogP contribution < -0.4 is 0 Å². The van der Waals surface area contributed by atoms with Crippen LogP contribution in [0, 0.1) is 23.9 Å². The maximum Gasteiger partial charge on any atom is 0.258 e. The van der Waals surface area contributed by atoms with Gasteiger partial charge >= 0.3 is 0 Å². The molecule has 0 heterocycles. The normalized spacial score (nSPS) is 10.0. The van der Waals surface area contributed by atoms with Gasteiger partial charge in [0, 0.05) is 12.1 Å². The summed E-state index contributed by atoms with van der Waals surface area (Å²) in [4.78, 5) is 12.4. The van der Waals surface area contributed by atoms with E-state index in [0.717, 1.165) is 4.90 Å². The average Bonchev–Trinajstić information content (AvgIpc) is 2.03. The summed E-state index contributed by atoms with van der Waals surface area (Å²) in [5, 5.41) is -0.369. The first kappa shape index (κ1) is 10.9. The van der Waals surface area contributed by atoms with Crippen molar-refractivity contribution in [1.82, 2.24) is 4.90 Å². The fraction of sp³-hybridized carbons (Fsp3) is 0.444. The van der Waals surface area contributed by atoms with Gasteiger partial charge in [-0.05, 0) is 20.8 Å². The van der Waals surface area contributed by atoms with Crippen molar-refractivity contribution < 1.29 is 4.79 Å². The van der Waals surface area contributed by atoms with Crippen LogP contribution in [0.1, 0.15) is 20.8 Å². The summed E-state index contributed by atoms with van der Waals surface area (Å²) in [6, 6.07) is 5.15. The maximum atomic E-state index is 11.3. The van der Waals surface area contributed by atoms with E-state index in [0.29, 0.717) is 0 Å². The van der Waals surface area contributed by atoms with Gasteiger partial charge in [-0.25, -0.2) is 0 Å². The maximum absolute atomic E-state index is 11.3. The number of carbonyl (C=O) groups excluding carboxylic acids is 1. The van der Waals surface area contributed by atoms with Crippen molar-refractivity contribution in [1.29, 1.82) is 0 Å². The lowest BCUT2D eigenvalue weighted by molar-refractivity contribution is -0.124. The number of thiol groups is 1. The number of rotatable bonds is 1. The summed E-state index contributed by atoms with van der Waals surface area (Å²) < 4.78 is 0. The van der Waals surface area contributed by atoms with Gasteiger partial charge in [-0.15, -0.1) is 0 Å². The van der Waals surface area contributed by atoms with Gasteiger partial charge in [0.15, 0.2) is 0 Å². The lowest BCUT2D eigenvalue weighted by Crippen LogP contribution is -2.27. The van der Waals surface area contributed by atoms with Crippen LogP contribution in [-0.2, 0) is 4.79 Å². The van der Waals surface area contributed by atoms with Crippen molar-refractivity contribution in [3.63, 3.8) is 0 Å². The van der Waals surface area contributed by atoms with Gasteiger partial charge in [-0.3, -0.25) is 4.79 Å². The molecule has 0 aliphatic carbocycles. The summed E-state index contributed by atoms with van der Waals surface area (Å²) in [5.41, 5.74) is 0. The highest BCUT2D eigenvalue weighted by atomic mass is 32.1. The zero-order valence-electron chi connectivity index (χ0n) is 7.38. The van der Waals surface area contributed by atoms with E-state index < -0.39 is 0 Å². The molecule has 12 heavy (non-hydrogen) atoms. The molecule has 0 aliphatic heterocycles. The second-order valence-corrected chi connectivity index (χ2v) is 2.85. The van der Waals surface area contributed by atoms with Gasteiger partial charge in [0.05, 0.1) is 5.25 Å². The van der Waals surface area contributed by atoms with Crippen molar-refractivity contribution in [3.05, 3.63) is 0 Å². The van der Waals surface area contributed by atoms with Crippen LogP contribution in [0.15, 0.2) is 0 Å². The average molecular weight is 181 g/mol. The highest BCUT2D eigenvalue weighted by molar-refractivity contribution is 7.81. The summed E-state index contributed by atoms with van der Waals surface area (Å²) in [6.45, 7) is 4.99. The van der Waals surface area contributed by atoms with Crippen LogP contribution in [0.3, 0.4) is 0 Å². The molecule has 64 valence electrons. The van der Waals surface area contributed by atoms with E-state index in [1.807, 2.05) is 0 Å². The first-order valence-corrected chi connectivity index (χ1v) is 4.02. The van der Waals surface area contributed by atoms with Crippen molar-refractivity contribution >= 4 is 18.5 Å². The number of carbonyl (C=O) groups is 1. The minimum absolute atomic E-state index is 0.193. The highest BCUT2D eigenvalue weighted by Crippen LogP contribution is 1.98. The highest BCUT2D eigenvalue weighted by Gasteiger charge is 2.13. The lowest BCUT2D eigenvalue weighted by Gasteiger charge is -2.08. The molecule has 0 N–H and O–H groups in total. The molecule has 0 spiro atoms. The molecule has 0 fully saturated rings. The standard InChI is InChI=1S/C9H11NOS/c1-4-6-10(7-5-2)9(11)8(3)12/h8,12H,1-3H3. The molecule has 0 rings (SSSR count). The van der Waals surface area contributed by atoms with Crippen LogP contribution in [0.25, 0.3) is 0 Å². The summed E-state index contributed by atoms with van der Waals surface area (Å²) in [7, 11) is 0. The van der Waals surface area contributed by atoms with Crippen molar-refractivity contribution in [2.75, 3.05) is 0 Å². The molecule has 2 nitrogen and oxygen atoms in total. The molecule has 0 aromatic carbocycles. The second kappa shape index (κ2) is 5.57. The Kier molecular flexibility index (Phi) is 5.08. The molecular weight excluding hydrogens is 170 g/mol. The molecule has 0 bridgehead atoms. The van der Waals surface area contributed by atoms with E-state index in [1.54, 1.807) is 20.8 Å². The zero-order chi connectivity index (χ0) is 9.56. The number of nitrogens with zero attached hydrogens (tertiary/aromatic N) is 1. The Hall–Kier alpha value is -1.06. The topological polar surface area (TPSA) is 20.3 Å². The Bertz CT molecular complexity index is 254. The Balaban J connectivity index is 4.55. The van der Waals surface area contributed by atoms with Crippen LogP contribution >= 0.6 is 12.6 Å². The van der Waals surface area contributed by atoms with Crippen LogP contribution in [0.5, 0.6) is 0 Å². The third-order valence-corrected chi connectivity index (χ3v) is 1.25. The SMILES string of the molecule is CC#CN(C#CC)C(=O)C(C)S. The molecule has 0 saturated carbocycles. The molecule has 0 aromatic heterocycles.